The standard InChI is InChI=1S/C20H27NO2.I2.3Y/c1-13-6-7-17-20(11-13)8-9-21(3,4)12-15-14(2)10-16(22-5)19(23-17)18(15)20;1-2;;;/h6,10-11,17H,7-9,12H2,1-5H3;;;;/t17?,20-;;;;/m1..../s1. The summed E-state index contributed by atoms with van der Waals surface area (Å²) in [5.74, 6) is 1.90. The van der Waals surface area contributed by atoms with Gasteiger partial charge in [0.15, 0.2) is 11.5 Å². The molecule has 0 saturated heterocycles. The van der Waals surface area contributed by atoms with E-state index >= 15 is 0 Å². The zero-order valence-corrected chi connectivity index (χ0v) is 30.2. The number of nitrogens with zero attached hydrogens (tertiary/aromatic N) is 1. The van der Waals surface area contributed by atoms with E-state index in [9.17, 15) is 0 Å². The van der Waals surface area contributed by atoms with Crippen LogP contribution in [0.4, 0.5) is 0 Å². The molecule has 0 bridgehead atoms. The normalized spacial score (nSPS) is 25.1. The molecule has 4 rings (SSSR count). The van der Waals surface area contributed by atoms with Crippen molar-refractivity contribution in [3.63, 3.8) is 0 Å². The molecule has 8 heteroatoms. The predicted octanol–water partition coefficient (Wildman–Crippen LogP) is 5.30. The van der Waals surface area contributed by atoms with E-state index in [2.05, 4.69) is 83.7 Å². The zero-order valence-electron chi connectivity index (χ0n) is 17.4. The van der Waals surface area contributed by atoms with Crippen molar-refractivity contribution in [3.05, 3.63) is 40.8 Å². The van der Waals surface area contributed by atoms with Crippen molar-refractivity contribution in [2.24, 2.45) is 0 Å². The maximum atomic E-state index is 6.47. The predicted molar refractivity (Wildman–Crippen MR) is 120 cm³/mol. The van der Waals surface area contributed by atoms with E-state index in [1.807, 2.05) is 0 Å². The topological polar surface area (TPSA) is 18.5 Å². The Morgan fingerprint density at radius 3 is 2.46 bits per heavy atom. The van der Waals surface area contributed by atoms with Crippen molar-refractivity contribution in [3.8, 4) is 11.5 Å². The van der Waals surface area contributed by atoms with Crippen LogP contribution in [0.15, 0.2) is 17.7 Å². The van der Waals surface area contributed by atoms with Crippen LogP contribution in [0.5, 0.6) is 11.5 Å². The minimum atomic E-state index is 0. The van der Waals surface area contributed by atoms with Crippen molar-refractivity contribution in [2.75, 3.05) is 27.7 Å². The molecule has 28 heavy (non-hydrogen) atoms. The summed E-state index contributed by atoms with van der Waals surface area (Å²) in [5.41, 5.74) is 5.62. The molecule has 1 spiro atoms. The molecule has 0 N–H and O–H groups in total. The molecule has 147 valence electrons. The first-order valence-electron chi connectivity index (χ1n) is 8.73. The van der Waals surface area contributed by atoms with Gasteiger partial charge in [0.1, 0.15) is 6.54 Å². The number of hydrogen-bond donors (Lipinski definition) is 0. The Morgan fingerprint density at radius 1 is 1.21 bits per heavy atom. The van der Waals surface area contributed by atoms with Gasteiger partial charge in [0.25, 0.3) is 0 Å². The quantitative estimate of drug-likeness (QED) is 0.218. The SMILES string of the molecule is COc1cc(C)c2c3c1OC1C[CH-]C(C)=C[C@@]31CC[N+](C)(C)C2.II.[Y].[Y].[Y]. The second-order valence-electron chi connectivity index (χ2n) is 8.12. The molecule has 1 aromatic carbocycles. The van der Waals surface area contributed by atoms with E-state index in [4.69, 9.17) is 9.47 Å². The van der Waals surface area contributed by atoms with E-state index in [-0.39, 0.29) is 110 Å². The summed E-state index contributed by atoms with van der Waals surface area (Å²) in [4.78, 5) is 0. The molecule has 2 atom stereocenters. The van der Waals surface area contributed by atoms with E-state index in [0.29, 0.717) is 0 Å². The number of benzene rings is 1. The Labute approximate surface area is 269 Å². The molecular formula is C20H27I2NO2Y3. The van der Waals surface area contributed by atoms with Crippen LogP contribution >= 0.6 is 37.2 Å². The molecule has 1 aromatic rings. The maximum Gasteiger partial charge on any atom is 0.164 e. The summed E-state index contributed by atoms with van der Waals surface area (Å²) in [7, 11) is 6.43. The zero-order chi connectivity index (χ0) is 18.4. The molecule has 1 aliphatic carbocycles. The van der Waals surface area contributed by atoms with Crippen molar-refractivity contribution in [1.82, 2.24) is 0 Å². The Morgan fingerprint density at radius 2 is 1.86 bits per heavy atom. The van der Waals surface area contributed by atoms with Gasteiger partial charge in [-0.3, -0.25) is 0 Å². The number of quaternary nitrogens is 1. The molecule has 0 fully saturated rings. The molecule has 3 nitrogen and oxygen atoms in total. The van der Waals surface area contributed by atoms with Crippen LogP contribution in [-0.4, -0.2) is 38.3 Å². The molecular weight excluding hydrogens is 807 g/mol. The third-order valence-electron chi connectivity index (χ3n) is 5.95. The first-order valence-corrected chi connectivity index (χ1v) is 15.0. The van der Waals surface area contributed by atoms with Crippen LogP contribution in [0.3, 0.4) is 0 Å². The minimum Gasteiger partial charge on any atom is -0.493 e. The second kappa shape index (κ2) is 12.6. The summed E-state index contributed by atoms with van der Waals surface area (Å²) in [6.07, 6.45) is 7.13. The van der Waals surface area contributed by atoms with E-state index in [0.717, 1.165) is 35.4 Å². The minimum absolute atomic E-state index is 0. The molecule has 0 aromatic heterocycles. The molecule has 1 unspecified atom stereocenters. The Kier molecular flexibility index (Phi) is 14.0. The van der Waals surface area contributed by atoms with Crippen molar-refractivity contribution in [1.29, 1.82) is 0 Å². The fourth-order valence-electron chi connectivity index (χ4n) is 4.71. The third kappa shape index (κ3) is 5.80. The van der Waals surface area contributed by atoms with Gasteiger partial charge in [-0.25, -0.2) is 18.1 Å². The Hall–Kier alpha value is 3.16. The number of halogens is 2. The third-order valence-corrected chi connectivity index (χ3v) is 5.95. The number of allylic oxidation sites excluding steroid dienone is 1. The van der Waals surface area contributed by atoms with Crippen LogP contribution in [0.1, 0.15) is 36.5 Å². The fourth-order valence-corrected chi connectivity index (χ4v) is 4.71. The summed E-state index contributed by atoms with van der Waals surface area (Å²) in [6, 6.07) is 2.16. The number of ether oxygens (including phenoxy) is 2. The van der Waals surface area contributed by atoms with Gasteiger partial charge in [-0.15, -0.1) is 0 Å². The molecule has 0 amide bonds. The average molecular weight is 834 g/mol. The van der Waals surface area contributed by atoms with Gasteiger partial charge >= 0.3 is 0 Å². The Balaban J connectivity index is 0.00000141. The van der Waals surface area contributed by atoms with Crippen LogP contribution in [0.2, 0.25) is 0 Å². The molecule has 3 radical (unpaired) electrons. The van der Waals surface area contributed by atoms with Gasteiger partial charge in [0.05, 0.1) is 33.9 Å². The van der Waals surface area contributed by atoms with Crippen LogP contribution < -0.4 is 9.47 Å². The monoisotopic (exact) mass is 834 g/mol. The summed E-state index contributed by atoms with van der Waals surface area (Å²) < 4.78 is 13.2. The van der Waals surface area contributed by atoms with Crippen LogP contribution in [-0.2, 0) is 110 Å². The van der Waals surface area contributed by atoms with Gasteiger partial charge < -0.3 is 14.0 Å². The largest absolute Gasteiger partial charge is 0.493 e. The van der Waals surface area contributed by atoms with Gasteiger partial charge in [0, 0.05) is 146 Å². The number of rotatable bonds is 1. The first-order chi connectivity index (χ1) is 11.9. The van der Waals surface area contributed by atoms with E-state index in [1.54, 1.807) is 7.11 Å². The summed E-state index contributed by atoms with van der Waals surface area (Å²) >= 11 is 4.24. The van der Waals surface area contributed by atoms with Crippen LogP contribution in [0, 0.1) is 13.3 Å². The fraction of sp³-hybridized carbons (Fsp3) is 0.550. The second-order valence-corrected chi connectivity index (χ2v) is 8.12. The average Bonchev–Trinajstić information content (AvgIpc) is 2.86. The Bertz CT molecular complexity index is 728. The molecule has 2 heterocycles. The van der Waals surface area contributed by atoms with Gasteiger partial charge in [0.2, 0.25) is 0 Å². The molecule has 2 aliphatic heterocycles. The first kappa shape index (κ1) is 31.2. The maximum absolute atomic E-state index is 6.47. The van der Waals surface area contributed by atoms with Crippen molar-refractivity contribution >= 4 is 37.2 Å². The van der Waals surface area contributed by atoms with Crippen LogP contribution in [0.25, 0.3) is 0 Å². The molecule has 0 saturated carbocycles. The van der Waals surface area contributed by atoms with Gasteiger partial charge in [-0.05, 0) is 30.4 Å². The smallest absolute Gasteiger partial charge is 0.164 e. The summed E-state index contributed by atoms with van der Waals surface area (Å²) in [6.45, 7) is 6.67. The van der Waals surface area contributed by atoms with E-state index < -0.39 is 0 Å². The number of methoxy groups -OCH3 is 1. The molecule has 3 aliphatic rings. The number of aryl methyl sites for hydroxylation is 1. The van der Waals surface area contributed by atoms with Crippen molar-refractivity contribution in [2.45, 2.75) is 44.8 Å². The van der Waals surface area contributed by atoms with Crippen molar-refractivity contribution < 1.29 is 112 Å². The van der Waals surface area contributed by atoms with Gasteiger partial charge in [-0.2, -0.15) is 0 Å². The summed E-state index contributed by atoms with van der Waals surface area (Å²) in [5, 5.41) is 0. The van der Waals surface area contributed by atoms with E-state index in [1.165, 1.54) is 28.8 Å². The van der Waals surface area contributed by atoms with Gasteiger partial charge in [-0.1, -0.05) is 13.3 Å². The number of hydrogen-bond acceptors (Lipinski definition) is 2.